The maximum Gasteiger partial charge on any atom is 0.360 e. The van der Waals surface area contributed by atoms with Crippen LogP contribution in [0.15, 0.2) is 28.9 Å². The Morgan fingerprint density at radius 1 is 1.31 bits per heavy atom. The highest BCUT2D eigenvalue weighted by Crippen LogP contribution is 2.32. The number of carbonyl (C=O) groups is 2. The van der Waals surface area contributed by atoms with Crippen LogP contribution in [0.2, 0.25) is 10.0 Å². The number of amides is 1. The molecule has 0 atom stereocenters. The first-order chi connectivity index (χ1) is 12.4. The molecule has 2 aromatic rings. The van der Waals surface area contributed by atoms with Crippen LogP contribution < -0.4 is 0 Å². The fourth-order valence-electron chi connectivity index (χ4n) is 2.38. The zero-order valence-electron chi connectivity index (χ0n) is 14.2. The molecule has 0 radical (unpaired) electrons. The van der Waals surface area contributed by atoms with Gasteiger partial charge in [0.2, 0.25) is 0 Å². The number of likely N-dealkylation sites (N-methyl/N-ethyl adjacent to an activating group) is 1. The molecule has 1 fully saturated rings. The monoisotopic (exact) mass is 396 g/mol. The maximum absolute atomic E-state index is 12.1. The summed E-state index contributed by atoms with van der Waals surface area (Å²) in [6.45, 7) is -0.0513. The van der Waals surface area contributed by atoms with E-state index in [1.54, 1.807) is 25.2 Å². The van der Waals surface area contributed by atoms with Crippen molar-refractivity contribution in [2.45, 2.75) is 25.8 Å². The third-order valence-electron chi connectivity index (χ3n) is 4.08. The molecular formula is C18H18Cl2N2O4. The van der Waals surface area contributed by atoms with Crippen molar-refractivity contribution in [1.82, 2.24) is 9.88 Å². The summed E-state index contributed by atoms with van der Waals surface area (Å²) in [6, 6.07) is 5.14. The van der Waals surface area contributed by atoms with Gasteiger partial charge in [0, 0.05) is 20.0 Å². The lowest BCUT2D eigenvalue weighted by Crippen LogP contribution is -2.30. The molecule has 0 bridgehead atoms. The normalized spacial score (nSPS) is 13.5. The van der Waals surface area contributed by atoms with E-state index in [2.05, 4.69) is 4.98 Å². The number of ether oxygens (including phenoxy) is 1. The van der Waals surface area contributed by atoms with E-state index < -0.39 is 5.97 Å². The Bertz CT molecular complexity index is 817. The first-order valence-corrected chi connectivity index (χ1v) is 8.97. The zero-order chi connectivity index (χ0) is 18.7. The molecule has 1 aliphatic carbocycles. The topological polar surface area (TPSA) is 72.6 Å². The smallest absolute Gasteiger partial charge is 0.360 e. The van der Waals surface area contributed by atoms with Gasteiger partial charge in [0.25, 0.3) is 5.91 Å². The van der Waals surface area contributed by atoms with Crippen LogP contribution in [-0.4, -0.2) is 35.4 Å². The van der Waals surface area contributed by atoms with E-state index in [0.717, 1.165) is 12.0 Å². The second-order valence-electron chi connectivity index (χ2n) is 6.35. The lowest BCUT2D eigenvalue weighted by molar-refractivity contribution is -0.133. The van der Waals surface area contributed by atoms with Crippen molar-refractivity contribution in [2.75, 3.05) is 13.7 Å². The van der Waals surface area contributed by atoms with E-state index in [-0.39, 0.29) is 18.2 Å². The van der Waals surface area contributed by atoms with Crippen molar-refractivity contribution < 1.29 is 18.7 Å². The van der Waals surface area contributed by atoms with Gasteiger partial charge in [-0.15, -0.1) is 0 Å². The summed E-state index contributed by atoms with van der Waals surface area (Å²) >= 11 is 11.8. The molecule has 1 aromatic carbocycles. The highest BCUT2D eigenvalue weighted by atomic mass is 35.5. The number of nitrogens with zero attached hydrogens (tertiary/aromatic N) is 2. The molecule has 0 unspecified atom stereocenters. The van der Waals surface area contributed by atoms with Gasteiger partial charge in [-0.05, 0) is 36.5 Å². The van der Waals surface area contributed by atoms with Crippen molar-refractivity contribution in [2.24, 2.45) is 5.92 Å². The van der Waals surface area contributed by atoms with Gasteiger partial charge in [-0.3, -0.25) is 4.79 Å². The number of esters is 1. The molecule has 8 heteroatoms. The maximum atomic E-state index is 12.1. The minimum atomic E-state index is -0.674. The Hall–Kier alpha value is -2.05. The number of hydrogen-bond donors (Lipinski definition) is 0. The van der Waals surface area contributed by atoms with Gasteiger partial charge in [0.05, 0.1) is 10.0 Å². The summed E-state index contributed by atoms with van der Waals surface area (Å²) in [6.07, 6.45) is 4.34. The highest BCUT2D eigenvalue weighted by Gasteiger charge is 2.25. The third kappa shape index (κ3) is 4.99. The molecule has 1 heterocycles. The lowest BCUT2D eigenvalue weighted by Gasteiger charge is -2.17. The Morgan fingerprint density at radius 2 is 2.08 bits per heavy atom. The van der Waals surface area contributed by atoms with Gasteiger partial charge in [-0.2, -0.15) is 0 Å². The van der Waals surface area contributed by atoms with Crippen molar-refractivity contribution in [3.8, 4) is 0 Å². The number of carbonyl (C=O) groups excluding carboxylic acids is 2. The Labute approximate surface area is 161 Å². The summed E-state index contributed by atoms with van der Waals surface area (Å²) in [7, 11) is 1.61. The molecule has 0 saturated heterocycles. The zero-order valence-corrected chi connectivity index (χ0v) is 15.7. The highest BCUT2D eigenvalue weighted by molar-refractivity contribution is 6.42. The molecule has 6 nitrogen and oxygen atoms in total. The van der Waals surface area contributed by atoms with Crippen molar-refractivity contribution >= 4 is 35.1 Å². The largest absolute Gasteiger partial charge is 0.451 e. The van der Waals surface area contributed by atoms with E-state index in [1.165, 1.54) is 24.0 Å². The number of halogens is 2. The van der Waals surface area contributed by atoms with E-state index >= 15 is 0 Å². The van der Waals surface area contributed by atoms with Crippen LogP contribution in [0.3, 0.4) is 0 Å². The van der Waals surface area contributed by atoms with Crippen LogP contribution in [0.25, 0.3) is 0 Å². The Balaban J connectivity index is 1.48. The SMILES string of the molecule is CN(Cc1ccc(Cl)c(Cl)c1)C(=O)COC(=O)c1coc(CC2CC2)n1. The predicted molar refractivity (Wildman–Crippen MR) is 96.1 cm³/mol. The number of oxazole rings is 1. The lowest BCUT2D eigenvalue weighted by atomic mass is 10.2. The summed E-state index contributed by atoms with van der Waals surface area (Å²) in [4.78, 5) is 29.7. The average Bonchev–Trinajstić information content (AvgIpc) is 3.30. The van der Waals surface area contributed by atoms with E-state index in [9.17, 15) is 9.59 Å². The van der Waals surface area contributed by atoms with Gasteiger partial charge in [0.1, 0.15) is 6.26 Å². The fraction of sp³-hybridized carbons (Fsp3) is 0.389. The standard InChI is InChI=1S/C18H18Cl2N2O4/c1-22(8-12-4-5-13(19)14(20)6-12)17(23)10-26-18(24)15-9-25-16(21-15)7-11-2-3-11/h4-6,9,11H,2-3,7-8,10H2,1H3. The van der Waals surface area contributed by atoms with Crippen LogP contribution in [-0.2, 0) is 22.5 Å². The Morgan fingerprint density at radius 3 is 2.77 bits per heavy atom. The third-order valence-corrected chi connectivity index (χ3v) is 4.82. The minimum absolute atomic E-state index is 0.0839. The van der Waals surface area contributed by atoms with Crippen LogP contribution in [0, 0.1) is 5.92 Å². The summed E-state index contributed by atoms with van der Waals surface area (Å²) in [5.74, 6) is 0.120. The van der Waals surface area contributed by atoms with Gasteiger partial charge in [-0.1, -0.05) is 29.3 Å². The Kier molecular flexibility index (Phi) is 5.84. The molecule has 0 N–H and O–H groups in total. The molecule has 1 aromatic heterocycles. The number of rotatable bonds is 7. The minimum Gasteiger partial charge on any atom is -0.451 e. The van der Waals surface area contributed by atoms with Crippen molar-refractivity contribution in [3.63, 3.8) is 0 Å². The predicted octanol–water partition coefficient (Wildman–Crippen LogP) is 3.75. The second kappa shape index (κ2) is 8.10. The van der Waals surface area contributed by atoms with E-state index in [1.807, 2.05) is 0 Å². The van der Waals surface area contributed by atoms with Crippen LogP contribution in [0.5, 0.6) is 0 Å². The van der Waals surface area contributed by atoms with E-state index in [4.69, 9.17) is 32.4 Å². The van der Waals surface area contributed by atoms with Gasteiger partial charge in [-0.25, -0.2) is 9.78 Å². The van der Waals surface area contributed by atoms with Crippen LogP contribution in [0.1, 0.15) is 34.8 Å². The number of hydrogen-bond acceptors (Lipinski definition) is 5. The number of aromatic nitrogens is 1. The van der Waals surface area contributed by atoms with Crippen LogP contribution in [0.4, 0.5) is 0 Å². The first-order valence-electron chi connectivity index (χ1n) is 8.22. The molecule has 1 amide bonds. The second-order valence-corrected chi connectivity index (χ2v) is 7.16. The molecule has 0 aliphatic heterocycles. The molecule has 26 heavy (non-hydrogen) atoms. The molecule has 1 aliphatic rings. The number of benzene rings is 1. The molecule has 3 rings (SSSR count). The van der Waals surface area contributed by atoms with E-state index in [0.29, 0.717) is 28.4 Å². The van der Waals surface area contributed by atoms with Crippen molar-refractivity contribution in [1.29, 1.82) is 0 Å². The summed E-state index contributed by atoms with van der Waals surface area (Å²) in [5, 5.41) is 0.872. The van der Waals surface area contributed by atoms with Gasteiger partial charge in [0.15, 0.2) is 18.2 Å². The molecule has 1 saturated carbocycles. The van der Waals surface area contributed by atoms with Crippen molar-refractivity contribution in [3.05, 3.63) is 51.7 Å². The first kappa shape index (κ1) is 18.7. The molecular weight excluding hydrogens is 379 g/mol. The van der Waals surface area contributed by atoms with Gasteiger partial charge >= 0.3 is 5.97 Å². The molecule has 0 spiro atoms. The van der Waals surface area contributed by atoms with Crippen LogP contribution >= 0.6 is 23.2 Å². The van der Waals surface area contributed by atoms with Gasteiger partial charge < -0.3 is 14.1 Å². The summed E-state index contributed by atoms with van der Waals surface area (Å²) in [5.41, 5.74) is 0.906. The molecule has 138 valence electrons. The summed E-state index contributed by atoms with van der Waals surface area (Å²) < 4.78 is 10.3. The quantitative estimate of drug-likeness (QED) is 0.666. The fourth-order valence-corrected chi connectivity index (χ4v) is 2.70. The average molecular weight is 397 g/mol.